The number of hydrazine groups is 4. The number of para-hydroxylation sites is 2. The molecule has 2 saturated heterocycles. The summed E-state index contributed by atoms with van der Waals surface area (Å²) >= 11 is 0. The lowest BCUT2D eigenvalue weighted by molar-refractivity contribution is -0.148. The van der Waals surface area contributed by atoms with Crippen LogP contribution in [0.25, 0.3) is 22.9 Å². The van der Waals surface area contributed by atoms with E-state index in [1.54, 1.807) is 0 Å². The van der Waals surface area contributed by atoms with Gasteiger partial charge in [-0.15, -0.1) is 21.3 Å². The Hall–Kier alpha value is -9.66. The number of aryl methyl sites for hydroxylation is 2. The van der Waals surface area contributed by atoms with Crippen molar-refractivity contribution in [3.05, 3.63) is 204 Å². The van der Waals surface area contributed by atoms with Crippen LogP contribution < -0.4 is 41.6 Å². The molecule has 432 valence electrons. The minimum absolute atomic E-state index is 0.0610. The number of oxazole rings is 2. The van der Waals surface area contributed by atoms with Gasteiger partial charge in [-0.3, -0.25) is 9.59 Å². The predicted octanol–water partition coefficient (Wildman–Crippen LogP) is 8.97. The van der Waals surface area contributed by atoms with Gasteiger partial charge in [0.2, 0.25) is 23.7 Å². The summed E-state index contributed by atoms with van der Waals surface area (Å²) in [6, 6.07) is 55.5. The summed E-state index contributed by atoms with van der Waals surface area (Å²) in [5.74, 6) is 4.08. The Balaban J connectivity index is 0.000000176. The average molecular weight is 1130 g/mol. The highest BCUT2D eigenvalue weighted by molar-refractivity contribution is 5.97. The zero-order chi connectivity index (χ0) is 57.8. The van der Waals surface area contributed by atoms with E-state index < -0.39 is 11.9 Å². The molecule has 0 saturated carbocycles. The van der Waals surface area contributed by atoms with Crippen LogP contribution in [0.3, 0.4) is 0 Å². The van der Waals surface area contributed by atoms with Gasteiger partial charge in [-0.2, -0.15) is 0 Å². The number of nitrogens with zero attached hydrogens (tertiary/aromatic N) is 8. The molecular weight excluding hydrogens is 1060 g/mol. The van der Waals surface area contributed by atoms with Crippen LogP contribution in [0, 0.1) is 37.5 Å². The number of carboxylic acids is 1. The standard InChI is InChI=1S/C33H36N6O4.C31H32N6O4/c1-3-41-32(40)29-22-38(33-35-36-37-39(33)27-12-8-5-9-13-27)21-26(29)20-24-14-16-28(17-15-24)42-19-18-30-23(2)43-31(34-30)25-10-6-4-7-11-25;1-21-28(32-29(41-21)23-8-4-2-5-9-23)16-17-40-26-14-12-22(13-15-26)18-24-19-36(20-27(24)30(38)39)31-33-34-35-37(31)25-10-6-3-7-11-25/h4-17,26,29,36-37H,3,18-22H2,1-2H3;2-15,24,27,34-35H,16-20H2,1H3,(H,38,39)/t26-,29+;24-,27+/m11/s1. The Kier molecular flexibility index (Phi) is 17.7. The summed E-state index contributed by atoms with van der Waals surface area (Å²) in [6.07, 6.45) is 2.67. The number of guanidine groups is 2. The van der Waals surface area contributed by atoms with Gasteiger partial charge in [-0.05, 0) is 129 Å². The number of ether oxygens (including phenoxy) is 3. The van der Waals surface area contributed by atoms with Crippen molar-refractivity contribution in [3.63, 3.8) is 0 Å². The van der Waals surface area contributed by atoms with Crippen LogP contribution in [-0.4, -0.2) is 94.7 Å². The molecule has 2 fully saturated rings. The van der Waals surface area contributed by atoms with Gasteiger partial charge in [-0.1, -0.05) is 97.1 Å². The molecule has 12 rings (SSSR count). The van der Waals surface area contributed by atoms with Crippen molar-refractivity contribution in [2.24, 2.45) is 33.9 Å². The molecule has 0 radical (unpaired) electrons. The Bertz CT molecular complexity index is 3510. The number of benzene rings is 6. The summed E-state index contributed by atoms with van der Waals surface area (Å²) in [5, 5.41) is 22.6. The Morgan fingerprint density at radius 2 is 0.952 bits per heavy atom. The molecule has 4 atom stereocenters. The molecule has 8 aromatic rings. The molecule has 6 aromatic carbocycles. The number of hydrogen-bond acceptors (Lipinski definition) is 19. The van der Waals surface area contributed by atoms with Crippen molar-refractivity contribution < 1.29 is 37.7 Å². The van der Waals surface area contributed by atoms with E-state index in [0.29, 0.717) is 83.0 Å². The van der Waals surface area contributed by atoms with E-state index in [4.69, 9.17) is 23.0 Å². The van der Waals surface area contributed by atoms with Crippen LogP contribution >= 0.6 is 0 Å². The third-order valence-corrected chi connectivity index (χ3v) is 15.3. The van der Waals surface area contributed by atoms with Gasteiger partial charge in [0, 0.05) is 50.1 Å². The van der Waals surface area contributed by atoms with Crippen LogP contribution in [0.2, 0.25) is 0 Å². The number of aromatic nitrogens is 2. The fraction of sp³-hybridized carbons (Fsp3) is 0.281. The second-order valence-corrected chi connectivity index (χ2v) is 20.9. The normalized spacial score (nSPS) is 18.1. The summed E-state index contributed by atoms with van der Waals surface area (Å²) in [7, 11) is 0. The Morgan fingerprint density at radius 1 is 0.548 bits per heavy atom. The number of carbonyl (C=O) groups excluding carboxylic acids is 1. The molecule has 20 heteroatoms. The monoisotopic (exact) mass is 1130 g/mol. The van der Waals surface area contributed by atoms with Crippen LogP contribution in [0.1, 0.15) is 41.0 Å². The second-order valence-electron chi connectivity index (χ2n) is 20.9. The van der Waals surface area contributed by atoms with Crippen molar-refractivity contribution in [3.8, 4) is 34.4 Å². The first kappa shape index (κ1) is 56.2. The maximum atomic E-state index is 13.0. The predicted molar refractivity (Wildman–Crippen MR) is 319 cm³/mol. The molecule has 0 amide bonds. The molecule has 5 N–H and O–H groups in total. The zero-order valence-corrected chi connectivity index (χ0v) is 47.1. The number of esters is 1. The average Bonchev–Trinajstić information content (AvgIpc) is 3.89. The van der Waals surface area contributed by atoms with Crippen LogP contribution in [-0.2, 0) is 40.0 Å². The maximum absolute atomic E-state index is 13.0. The second kappa shape index (κ2) is 26.5. The molecule has 6 heterocycles. The first-order chi connectivity index (χ1) is 41.1. The molecule has 0 spiro atoms. The number of carboxylic acid groups (broad SMARTS) is 1. The lowest BCUT2D eigenvalue weighted by Crippen LogP contribution is -2.47. The molecule has 4 aliphatic rings. The minimum Gasteiger partial charge on any atom is -0.493 e. The zero-order valence-electron chi connectivity index (χ0n) is 47.1. The first-order valence-corrected chi connectivity index (χ1v) is 28.4. The molecule has 84 heavy (non-hydrogen) atoms. The van der Waals surface area contributed by atoms with Crippen LogP contribution in [0.4, 0.5) is 11.4 Å². The quantitative estimate of drug-likeness (QED) is 0.0477. The fourth-order valence-electron chi connectivity index (χ4n) is 11.0. The number of hydrazone groups is 2. The number of carbonyl (C=O) groups is 2. The Labute approximate surface area is 487 Å². The molecular formula is C64H68N12O8. The number of anilines is 2. The molecule has 2 aromatic heterocycles. The highest BCUT2D eigenvalue weighted by atomic mass is 16.5. The summed E-state index contributed by atoms with van der Waals surface area (Å²) < 4.78 is 29.2. The van der Waals surface area contributed by atoms with Crippen molar-refractivity contribution in [1.82, 2.24) is 41.9 Å². The van der Waals surface area contributed by atoms with E-state index in [-0.39, 0.29) is 23.7 Å². The van der Waals surface area contributed by atoms with Crippen molar-refractivity contribution in [2.75, 3.05) is 56.0 Å². The lowest BCUT2D eigenvalue weighted by atomic mass is 9.90. The van der Waals surface area contributed by atoms with E-state index in [1.807, 2.05) is 193 Å². The number of likely N-dealkylation sites (tertiary alicyclic amines) is 2. The van der Waals surface area contributed by atoms with Gasteiger partial charge in [0.25, 0.3) is 0 Å². The molecule has 0 unspecified atom stereocenters. The summed E-state index contributed by atoms with van der Waals surface area (Å²) in [4.78, 5) is 38.6. The van der Waals surface area contributed by atoms with Gasteiger partial charge >= 0.3 is 11.9 Å². The smallest absolute Gasteiger partial charge is 0.311 e. The van der Waals surface area contributed by atoms with Gasteiger partial charge in [-0.25, -0.2) is 31.1 Å². The van der Waals surface area contributed by atoms with Crippen LogP contribution in [0.5, 0.6) is 11.5 Å². The highest BCUT2D eigenvalue weighted by Crippen LogP contribution is 2.33. The van der Waals surface area contributed by atoms with E-state index in [1.165, 1.54) is 0 Å². The van der Waals surface area contributed by atoms with Crippen molar-refractivity contribution in [1.29, 1.82) is 0 Å². The van der Waals surface area contributed by atoms with E-state index in [9.17, 15) is 14.7 Å². The van der Waals surface area contributed by atoms with Crippen LogP contribution in [0.15, 0.2) is 189 Å². The molecule has 0 bridgehead atoms. The number of aliphatic carboxylic acids is 1. The third kappa shape index (κ3) is 13.5. The largest absolute Gasteiger partial charge is 0.493 e. The van der Waals surface area contributed by atoms with Gasteiger partial charge < -0.3 is 38.0 Å². The number of hydrogen-bond donors (Lipinski definition) is 5. The molecule has 20 nitrogen and oxygen atoms in total. The lowest BCUT2D eigenvalue weighted by Gasteiger charge is -2.26. The number of rotatable bonds is 19. The third-order valence-electron chi connectivity index (χ3n) is 15.3. The molecule has 4 aliphatic heterocycles. The summed E-state index contributed by atoms with van der Waals surface area (Å²) in [6.45, 7) is 9.20. The van der Waals surface area contributed by atoms with E-state index >= 15 is 0 Å². The maximum Gasteiger partial charge on any atom is 0.311 e. The van der Waals surface area contributed by atoms with E-state index in [0.717, 1.165) is 80.4 Å². The highest BCUT2D eigenvalue weighted by Gasteiger charge is 2.43. The topological polar surface area (TPSA) is 220 Å². The van der Waals surface area contributed by atoms with Gasteiger partial charge in [0.1, 0.15) is 23.0 Å². The molecule has 0 aliphatic carbocycles. The van der Waals surface area contributed by atoms with Crippen molar-refractivity contribution >= 4 is 35.2 Å². The fourth-order valence-corrected chi connectivity index (χ4v) is 11.0. The Morgan fingerprint density at radius 3 is 1.37 bits per heavy atom. The first-order valence-electron chi connectivity index (χ1n) is 28.4. The number of nitrogens with one attached hydrogen (secondary N) is 4. The van der Waals surface area contributed by atoms with Gasteiger partial charge in [0.15, 0.2) is 0 Å². The minimum atomic E-state index is -0.790. The van der Waals surface area contributed by atoms with Gasteiger partial charge in [0.05, 0.1) is 54.4 Å². The van der Waals surface area contributed by atoms with E-state index in [2.05, 4.69) is 59.3 Å². The van der Waals surface area contributed by atoms with Crippen molar-refractivity contribution in [2.45, 2.75) is 46.5 Å². The summed E-state index contributed by atoms with van der Waals surface area (Å²) in [5.41, 5.74) is 19.5. The SMILES string of the molecule is CCOC(=O)[C@H]1CN(C2=NNNN2c2ccccc2)C[C@H]1Cc1ccc(OCCc2nc(-c3ccccc3)oc2C)cc1.Cc1oc(-c2ccccc2)nc1CCOc1ccc(C[C@@H]2CN(C3=NNNN3c3ccccc3)C[C@@H]2C(=O)O)cc1.